The topological polar surface area (TPSA) is 77.2 Å². The molecule has 0 atom stereocenters. The fourth-order valence-electron chi connectivity index (χ4n) is 2.20. The molecular weight excluding hydrogens is 230 g/mol. The maximum absolute atomic E-state index is 11.2. The number of hydrogen-bond acceptors (Lipinski definition) is 4. The van der Waals surface area contributed by atoms with Crippen molar-refractivity contribution in [3.8, 4) is 0 Å². The molecule has 0 spiro atoms. The van der Waals surface area contributed by atoms with Crippen molar-refractivity contribution in [3.63, 3.8) is 0 Å². The highest BCUT2D eigenvalue weighted by molar-refractivity contribution is 5.97. The first-order chi connectivity index (χ1) is 8.77. The van der Waals surface area contributed by atoms with Gasteiger partial charge in [0, 0.05) is 12.7 Å². The maximum Gasteiger partial charge on any atom is 0.252 e. The summed E-state index contributed by atoms with van der Waals surface area (Å²) in [5, 5.41) is 3.08. The van der Waals surface area contributed by atoms with E-state index in [0.29, 0.717) is 30.6 Å². The molecule has 1 aromatic heterocycles. The monoisotopic (exact) mass is 249 g/mol. The van der Waals surface area contributed by atoms with Gasteiger partial charge >= 0.3 is 0 Å². The Hall–Kier alpha value is -1.62. The Bertz CT molecular complexity index is 403. The second-order valence-corrected chi connectivity index (χ2v) is 4.47. The van der Waals surface area contributed by atoms with Crippen LogP contribution in [0.15, 0.2) is 18.3 Å². The lowest BCUT2D eigenvalue weighted by atomic mass is 10.2. The Morgan fingerprint density at radius 3 is 3.00 bits per heavy atom. The van der Waals surface area contributed by atoms with Gasteiger partial charge in [-0.3, -0.25) is 4.79 Å². The minimum atomic E-state index is -0.470. The molecule has 0 radical (unpaired) electrons. The number of nitrogens with one attached hydrogen (secondary N) is 1. The normalized spacial score (nSPS) is 15.8. The molecule has 1 aliphatic rings. The molecule has 1 heterocycles. The van der Waals surface area contributed by atoms with Crippen molar-refractivity contribution in [1.82, 2.24) is 4.98 Å². The highest BCUT2D eigenvalue weighted by Crippen LogP contribution is 2.20. The Kier molecular flexibility index (Phi) is 4.52. The third-order valence-electron chi connectivity index (χ3n) is 3.12. The molecule has 3 N–H and O–H groups in total. The summed E-state index contributed by atoms with van der Waals surface area (Å²) in [6.07, 6.45) is 6.90. The predicted octanol–water partition coefficient (Wildman–Crippen LogP) is 1.55. The van der Waals surface area contributed by atoms with Crippen LogP contribution in [-0.2, 0) is 4.74 Å². The molecule has 0 saturated heterocycles. The van der Waals surface area contributed by atoms with Gasteiger partial charge in [0.2, 0.25) is 0 Å². The molecule has 2 rings (SSSR count). The van der Waals surface area contributed by atoms with Gasteiger partial charge in [0.25, 0.3) is 5.91 Å². The summed E-state index contributed by atoms with van der Waals surface area (Å²) < 4.78 is 5.72. The van der Waals surface area contributed by atoms with E-state index in [2.05, 4.69) is 10.3 Å². The Morgan fingerprint density at radius 1 is 1.50 bits per heavy atom. The van der Waals surface area contributed by atoms with E-state index < -0.39 is 5.91 Å². The number of amides is 1. The average Bonchev–Trinajstić information content (AvgIpc) is 2.88. The highest BCUT2D eigenvalue weighted by Gasteiger charge is 2.15. The molecule has 1 amide bonds. The number of primary amides is 1. The molecule has 5 heteroatoms. The second kappa shape index (κ2) is 6.35. The zero-order chi connectivity index (χ0) is 12.8. The molecule has 0 unspecified atom stereocenters. The van der Waals surface area contributed by atoms with Crippen LogP contribution in [0.3, 0.4) is 0 Å². The van der Waals surface area contributed by atoms with Crippen molar-refractivity contribution in [2.75, 3.05) is 18.5 Å². The fraction of sp³-hybridized carbons (Fsp3) is 0.538. The number of pyridine rings is 1. The summed E-state index contributed by atoms with van der Waals surface area (Å²) >= 11 is 0. The predicted molar refractivity (Wildman–Crippen MR) is 69.5 cm³/mol. The van der Waals surface area contributed by atoms with Gasteiger partial charge in [-0.2, -0.15) is 0 Å². The lowest BCUT2D eigenvalue weighted by Crippen LogP contribution is -2.19. The van der Waals surface area contributed by atoms with Gasteiger partial charge in [0.15, 0.2) is 0 Å². The van der Waals surface area contributed by atoms with Crippen molar-refractivity contribution in [2.24, 2.45) is 5.73 Å². The van der Waals surface area contributed by atoms with Crippen LogP contribution in [-0.4, -0.2) is 30.1 Å². The Labute approximate surface area is 107 Å². The van der Waals surface area contributed by atoms with E-state index >= 15 is 0 Å². The summed E-state index contributed by atoms with van der Waals surface area (Å²) in [5.74, 6) is 0.0577. The van der Waals surface area contributed by atoms with Gasteiger partial charge in [0.1, 0.15) is 5.82 Å². The standard InChI is InChI=1S/C13H19N3O2/c14-12(17)11-6-3-7-15-13(11)16-8-9-18-10-4-1-2-5-10/h3,6-7,10H,1-2,4-5,8-9H2,(H2,14,17)(H,15,16). The third kappa shape index (κ3) is 3.43. The molecule has 18 heavy (non-hydrogen) atoms. The van der Waals surface area contributed by atoms with Crippen LogP contribution in [0.2, 0.25) is 0 Å². The third-order valence-corrected chi connectivity index (χ3v) is 3.12. The minimum absolute atomic E-state index is 0.408. The summed E-state index contributed by atoms with van der Waals surface area (Å²) in [7, 11) is 0. The average molecular weight is 249 g/mol. The van der Waals surface area contributed by atoms with E-state index in [9.17, 15) is 4.79 Å². The van der Waals surface area contributed by atoms with Gasteiger partial charge in [-0.15, -0.1) is 0 Å². The minimum Gasteiger partial charge on any atom is -0.376 e. The van der Waals surface area contributed by atoms with Crippen molar-refractivity contribution in [1.29, 1.82) is 0 Å². The zero-order valence-electron chi connectivity index (χ0n) is 10.4. The number of aromatic nitrogens is 1. The van der Waals surface area contributed by atoms with E-state index in [4.69, 9.17) is 10.5 Å². The van der Waals surface area contributed by atoms with E-state index in [0.717, 1.165) is 12.8 Å². The molecule has 0 aromatic carbocycles. The molecule has 0 aliphatic heterocycles. The van der Waals surface area contributed by atoms with Crippen molar-refractivity contribution >= 4 is 11.7 Å². The van der Waals surface area contributed by atoms with Gasteiger partial charge < -0.3 is 15.8 Å². The number of carbonyl (C=O) groups is 1. The number of anilines is 1. The first-order valence-corrected chi connectivity index (χ1v) is 6.37. The van der Waals surface area contributed by atoms with Gasteiger partial charge in [-0.1, -0.05) is 12.8 Å². The first-order valence-electron chi connectivity index (χ1n) is 6.37. The molecule has 1 fully saturated rings. The lowest BCUT2D eigenvalue weighted by Gasteiger charge is -2.12. The molecule has 1 aromatic rings. The van der Waals surface area contributed by atoms with Gasteiger partial charge in [0.05, 0.1) is 18.3 Å². The molecule has 0 bridgehead atoms. The number of hydrogen-bond donors (Lipinski definition) is 2. The number of ether oxygens (including phenoxy) is 1. The number of rotatable bonds is 6. The molecule has 98 valence electrons. The largest absolute Gasteiger partial charge is 0.376 e. The molecule has 5 nitrogen and oxygen atoms in total. The van der Waals surface area contributed by atoms with E-state index in [1.54, 1.807) is 18.3 Å². The first kappa shape index (κ1) is 12.8. The van der Waals surface area contributed by atoms with E-state index in [1.807, 2.05) is 0 Å². The molecule has 1 saturated carbocycles. The van der Waals surface area contributed by atoms with Crippen LogP contribution in [0.5, 0.6) is 0 Å². The van der Waals surface area contributed by atoms with E-state index in [1.165, 1.54) is 12.8 Å². The van der Waals surface area contributed by atoms with Crippen LogP contribution in [0.25, 0.3) is 0 Å². The number of carbonyl (C=O) groups excluding carboxylic acids is 1. The highest BCUT2D eigenvalue weighted by atomic mass is 16.5. The summed E-state index contributed by atoms with van der Waals surface area (Å²) in [4.78, 5) is 15.3. The number of nitrogens with zero attached hydrogens (tertiary/aromatic N) is 1. The van der Waals surface area contributed by atoms with Crippen LogP contribution < -0.4 is 11.1 Å². The van der Waals surface area contributed by atoms with E-state index in [-0.39, 0.29) is 0 Å². The van der Waals surface area contributed by atoms with Crippen LogP contribution in [0.1, 0.15) is 36.0 Å². The van der Waals surface area contributed by atoms with Crippen LogP contribution in [0.4, 0.5) is 5.82 Å². The van der Waals surface area contributed by atoms with Crippen LogP contribution in [0, 0.1) is 0 Å². The van der Waals surface area contributed by atoms with Crippen molar-refractivity contribution in [2.45, 2.75) is 31.8 Å². The van der Waals surface area contributed by atoms with Crippen LogP contribution >= 0.6 is 0 Å². The summed E-state index contributed by atoms with van der Waals surface area (Å²) in [6.45, 7) is 1.26. The molecular formula is C13H19N3O2. The SMILES string of the molecule is NC(=O)c1cccnc1NCCOC1CCCC1. The second-order valence-electron chi connectivity index (χ2n) is 4.47. The fourth-order valence-corrected chi connectivity index (χ4v) is 2.20. The zero-order valence-corrected chi connectivity index (χ0v) is 10.4. The Morgan fingerprint density at radius 2 is 2.28 bits per heavy atom. The van der Waals surface area contributed by atoms with Crippen molar-refractivity contribution < 1.29 is 9.53 Å². The Balaban J connectivity index is 1.77. The summed E-state index contributed by atoms with van der Waals surface area (Å²) in [6, 6.07) is 3.36. The number of nitrogens with two attached hydrogens (primary N) is 1. The lowest BCUT2D eigenvalue weighted by molar-refractivity contribution is 0.0658. The van der Waals surface area contributed by atoms with Gasteiger partial charge in [-0.05, 0) is 25.0 Å². The van der Waals surface area contributed by atoms with Gasteiger partial charge in [-0.25, -0.2) is 4.98 Å². The van der Waals surface area contributed by atoms with Crippen molar-refractivity contribution in [3.05, 3.63) is 23.9 Å². The molecule has 1 aliphatic carbocycles. The maximum atomic E-state index is 11.2. The summed E-state index contributed by atoms with van der Waals surface area (Å²) in [5.41, 5.74) is 5.68. The smallest absolute Gasteiger partial charge is 0.252 e. The quantitative estimate of drug-likeness (QED) is 0.750.